The average molecular weight is 991 g/mol. The number of alkyl halides is 3. The lowest BCUT2D eigenvalue weighted by Crippen LogP contribution is -2.18. The second kappa shape index (κ2) is 21.8. The van der Waals surface area contributed by atoms with E-state index in [-0.39, 0.29) is 50.7 Å². The molecule has 0 radical (unpaired) electrons. The second-order valence-corrected chi connectivity index (χ2v) is 18.6. The molecule has 0 aliphatic rings. The van der Waals surface area contributed by atoms with Crippen molar-refractivity contribution in [1.29, 1.82) is 10.8 Å². The Hall–Kier alpha value is -8.24. The van der Waals surface area contributed by atoms with Crippen molar-refractivity contribution >= 4 is 60.5 Å². The summed E-state index contributed by atoms with van der Waals surface area (Å²) < 4.78 is 88.3. The molecule has 0 saturated heterocycles. The number of halogens is 3. The summed E-state index contributed by atoms with van der Waals surface area (Å²) in [5.74, 6) is -1.84. The Morgan fingerprint density at radius 1 is 0.643 bits per heavy atom. The Morgan fingerprint density at radius 3 is 1.61 bits per heavy atom. The molecule has 6 aromatic carbocycles. The van der Waals surface area contributed by atoms with E-state index in [0.29, 0.717) is 46.0 Å². The fourth-order valence-electron chi connectivity index (χ4n) is 7.23. The second-order valence-electron chi connectivity index (χ2n) is 15.6. The number of amides is 2. The molecule has 7 rings (SSSR count). The Morgan fingerprint density at radius 2 is 1.13 bits per heavy atom. The first-order valence-corrected chi connectivity index (χ1v) is 23.9. The van der Waals surface area contributed by atoms with Crippen LogP contribution < -0.4 is 32.4 Å². The van der Waals surface area contributed by atoms with Gasteiger partial charge in [0.15, 0.2) is 0 Å². The normalized spacial score (nSPS) is 12.2. The number of nitrogens with one attached hydrogen (secondary N) is 5. The van der Waals surface area contributed by atoms with Gasteiger partial charge in [-0.15, -0.1) is 0 Å². The summed E-state index contributed by atoms with van der Waals surface area (Å²) in [6, 6.07) is 39.4. The summed E-state index contributed by atoms with van der Waals surface area (Å²) in [5, 5.41) is 37.9. The number of carbonyl (C=O) groups is 2. The maximum atomic E-state index is 13.6. The summed E-state index contributed by atoms with van der Waals surface area (Å²) in [6.07, 6.45) is -2.01. The number of sulfonamides is 2. The van der Waals surface area contributed by atoms with E-state index in [2.05, 4.69) is 20.8 Å². The van der Waals surface area contributed by atoms with Gasteiger partial charge in [0.05, 0.1) is 15.4 Å². The van der Waals surface area contributed by atoms with Crippen LogP contribution in [0.4, 0.5) is 24.5 Å². The molecule has 13 N–H and O–H groups in total. The van der Waals surface area contributed by atoms with Gasteiger partial charge in [-0.2, -0.15) is 18.3 Å². The maximum Gasteiger partial charge on any atom is 0.417 e. The number of allylic oxidation sites excluding steroid dienone is 1. The van der Waals surface area contributed by atoms with E-state index in [9.17, 15) is 39.6 Å². The zero-order valence-corrected chi connectivity index (χ0v) is 38.4. The number of anilines is 2. The standard InChI is InChI=1S/C26H26N6O3S.C23H19F3N4O3S/c27-26(28)19-5-3-4-18(14-19)20(15-22-12-13-30-32-22)16-25(33)31-21-10-8-17(9-11-21)23-6-1-2-7-24(23)36(29,34)35;24-23(25,26)19(15-4-3-5-16(12-15)22(27)28)13-21(31)30-17-10-8-14(9-11-17)18-6-1-2-7-20(18)34(29,32)33/h1-14,20H,15-16H2,(H3,27,28)(H,30,32)(H,31,33)(H2,29,34,35);1-13H,(H3,27,28)(H,30,31)(H2,29,32,33)/b;19-13+. The van der Waals surface area contributed by atoms with Crippen LogP contribution >= 0.6 is 0 Å². The van der Waals surface area contributed by atoms with E-state index in [1.807, 2.05) is 24.3 Å². The smallest absolute Gasteiger partial charge is 0.384 e. The molecular formula is C49H45F3N10O6S2. The number of amidine groups is 2. The fourth-order valence-corrected chi connectivity index (χ4v) is 8.75. The van der Waals surface area contributed by atoms with Crippen molar-refractivity contribution in [2.24, 2.45) is 21.7 Å². The zero-order chi connectivity index (χ0) is 50.8. The van der Waals surface area contributed by atoms with E-state index in [1.165, 1.54) is 54.6 Å². The van der Waals surface area contributed by atoms with Gasteiger partial charge in [-0.1, -0.05) is 97.1 Å². The van der Waals surface area contributed by atoms with Crippen molar-refractivity contribution < 1.29 is 39.6 Å². The molecule has 0 fully saturated rings. The molecule has 2 amide bonds. The highest BCUT2D eigenvalue weighted by molar-refractivity contribution is 7.89. The average Bonchev–Trinajstić information content (AvgIpc) is 3.84. The Bertz CT molecular complexity index is 3310. The molecular weight excluding hydrogens is 946 g/mol. The van der Waals surface area contributed by atoms with E-state index in [4.69, 9.17) is 32.6 Å². The highest BCUT2D eigenvalue weighted by atomic mass is 32.2. The molecule has 1 unspecified atom stereocenters. The van der Waals surface area contributed by atoms with Crippen LogP contribution in [0.25, 0.3) is 27.8 Å². The van der Waals surface area contributed by atoms with Crippen LogP contribution in [0, 0.1) is 10.8 Å². The minimum atomic E-state index is -4.84. The first-order valence-electron chi connectivity index (χ1n) is 20.8. The Labute approximate surface area is 400 Å². The highest BCUT2D eigenvalue weighted by Gasteiger charge is 2.35. The lowest BCUT2D eigenvalue weighted by molar-refractivity contribution is -0.116. The Kier molecular flexibility index (Phi) is 15.9. The van der Waals surface area contributed by atoms with Gasteiger partial charge in [-0.25, -0.2) is 27.1 Å². The molecule has 16 nitrogen and oxygen atoms in total. The maximum absolute atomic E-state index is 13.6. The first kappa shape index (κ1) is 51.2. The molecule has 21 heteroatoms. The highest BCUT2D eigenvalue weighted by Crippen LogP contribution is 2.35. The summed E-state index contributed by atoms with van der Waals surface area (Å²) in [4.78, 5) is 25.3. The number of benzene rings is 6. The third-order valence-electron chi connectivity index (χ3n) is 10.5. The van der Waals surface area contributed by atoms with E-state index < -0.39 is 43.5 Å². The van der Waals surface area contributed by atoms with Crippen LogP contribution in [0.3, 0.4) is 0 Å². The molecule has 360 valence electrons. The predicted octanol–water partition coefficient (Wildman–Crippen LogP) is 7.23. The third-order valence-corrected chi connectivity index (χ3v) is 12.5. The minimum Gasteiger partial charge on any atom is -0.384 e. The topological polar surface area (TPSA) is 307 Å². The van der Waals surface area contributed by atoms with Gasteiger partial charge in [-0.3, -0.25) is 25.5 Å². The number of nitrogen functional groups attached to an aromatic ring is 2. The van der Waals surface area contributed by atoms with E-state index >= 15 is 0 Å². The number of H-pyrrole nitrogens is 1. The zero-order valence-electron chi connectivity index (χ0n) is 36.7. The van der Waals surface area contributed by atoms with Crippen LogP contribution in [0.1, 0.15) is 40.3 Å². The van der Waals surface area contributed by atoms with Crippen molar-refractivity contribution in [2.45, 2.75) is 34.7 Å². The van der Waals surface area contributed by atoms with Crippen LogP contribution in [-0.2, 0) is 36.1 Å². The van der Waals surface area contributed by atoms with Crippen molar-refractivity contribution in [2.75, 3.05) is 10.6 Å². The number of hydrogen-bond acceptors (Lipinski definition) is 9. The largest absolute Gasteiger partial charge is 0.417 e. The van der Waals surface area contributed by atoms with Crippen molar-refractivity contribution in [3.05, 3.63) is 192 Å². The van der Waals surface area contributed by atoms with Gasteiger partial charge in [0.25, 0.3) is 0 Å². The Balaban J connectivity index is 0.000000230. The van der Waals surface area contributed by atoms with Gasteiger partial charge in [0, 0.05) is 58.0 Å². The molecule has 70 heavy (non-hydrogen) atoms. The number of nitrogens with zero attached hydrogens (tertiary/aromatic N) is 1. The van der Waals surface area contributed by atoms with Crippen LogP contribution in [0.5, 0.6) is 0 Å². The number of carbonyl (C=O) groups excluding carboxylic acids is 2. The summed E-state index contributed by atoms with van der Waals surface area (Å²) in [7, 11) is -7.86. The third kappa shape index (κ3) is 13.7. The number of aromatic amines is 1. The first-order chi connectivity index (χ1) is 33.1. The van der Waals surface area contributed by atoms with Crippen molar-refractivity contribution in [1.82, 2.24) is 10.2 Å². The molecule has 7 aromatic rings. The quantitative estimate of drug-likeness (QED) is 0.0284. The molecule has 0 aliphatic carbocycles. The van der Waals surface area contributed by atoms with Crippen LogP contribution in [0.2, 0.25) is 0 Å². The van der Waals surface area contributed by atoms with Crippen molar-refractivity contribution in [3.63, 3.8) is 0 Å². The van der Waals surface area contributed by atoms with Crippen LogP contribution in [-0.4, -0.2) is 56.7 Å². The SMILES string of the molecule is N=C(N)c1cccc(/C(=C\C(=O)Nc2ccc(-c3ccccc3S(N)(=O)=O)cc2)C(F)(F)F)c1.N=C(N)c1cccc(C(CC(=O)Nc2ccc(-c3ccccc3S(N)(=O)=O)cc2)Cc2ccn[nH]2)c1. The molecule has 0 saturated carbocycles. The van der Waals surface area contributed by atoms with Gasteiger partial charge < -0.3 is 22.1 Å². The molecule has 0 aliphatic heterocycles. The number of aromatic nitrogens is 2. The molecule has 1 heterocycles. The predicted molar refractivity (Wildman–Crippen MR) is 262 cm³/mol. The summed E-state index contributed by atoms with van der Waals surface area (Å²) in [6.45, 7) is 0. The fraction of sp³-hybridized carbons (Fsp3) is 0.0816. The molecule has 1 aromatic heterocycles. The van der Waals surface area contributed by atoms with Gasteiger partial charge in [0.1, 0.15) is 11.7 Å². The molecule has 0 spiro atoms. The number of rotatable bonds is 15. The summed E-state index contributed by atoms with van der Waals surface area (Å²) in [5.41, 5.74) is 14.7. The molecule has 1 atom stereocenters. The summed E-state index contributed by atoms with van der Waals surface area (Å²) >= 11 is 0. The number of hydrogen-bond donors (Lipinski definition) is 9. The van der Waals surface area contributed by atoms with E-state index in [0.717, 1.165) is 23.4 Å². The van der Waals surface area contributed by atoms with Crippen LogP contribution in [0.15, 0.2) is 174 Å². The van der Waals surface area contributed by atoms with Gasteiger partial charge >= 0.3 is 6.18 Å². The minimum absolute atomic E-state index is 0.0364. The van der Waals surface area contributed by atoms with Gasteiger partial charge in [-0.05, 0) is 89.2 Å². The lowest BCUT2D eigenvalue weighted by atomic mass is 9.89. The van der Waals surface area contributed by atoms with E-state index in [1.54, 1.807) is 66.9 Å². The van der Waals surface area contributed by atoms with Crippen molar-refractivity contribution in [3.8, 4) is 22.3 Å². The monoisotopic (exact) mass is 990 g/mol. The number of nitrogens with two attached hydrogens (primary N) is 4. The van der Waals surface area contributed by atoms with Gasteiger partial charge in [0.2, 0.25) is 31.9 Å². The lowest BCUT2D eigenvalue weighted by Gasteiger charge is -2.18. The number of primary sulfonamides is 2. The molecule has 0 bridgehead atoms.